The van der Waals surface area contributed by atoms with Crippen LogP contribution < -0.4 is 4.18 Å². The molecule has 0 N–H and O–H groups in total. The molecule has 0 heterocycles. The molecule has 2 rings (SSSR count). The number of carbonyl (C=O) groups is 1. The zero-order chi connectivity index (χ0) is 18.6. The quantitative estimate of drug-likeness (QED) is 0.626. The molecule has 1 aromatic carbocycles. The predicted molar refractivity (Wildman–Crippen MR) is 98.7 cm³/mol. The van der Waals surface area contributed by atoms with E-state index in [9.17, 15) is 13.2 Å². The summed E-state index contributed by atoms with van der Waals surface area (Å²) >= 11 is 0. The first kappa shape index (κ1) is 19.8. The lowest BCUT2D eigenvalue weighted by Crippen LogP contribution is -2.33. The summed E-state index contributed by atoms with van der Waals surface area (Å²) in [4.78, 5) is 14.4. The van der Waals surface area contributed by atoms with Gasteiger partial charge in [0.2, 0.25) is 5.91 Å². The van der Waals surface area contributed by atoms with Crippen molar-refractivity contribution >= 4 is 16.0 Å². The van der Waals surface area contributed by atoms with Crippen molar-refractivity contribution in [3.63, 3.8) is 0 Å². The molecule has 1 saturated carbocycles. The van der Waals surface area contributed by atoms with Crippen LogP contribution in [-0.4, -0.2) is 31.0 Å². The number of hydrogen-bond donors (Lipinski definition) is 0. The number of carbonyl (C=O) groups excluding carboxylic acids is 1. The van der Waals surface area contributed by atoms with Crippen LogP contribution in [0.3, 0.4) is 0 Å². The first-order chi connectivity index (χ1) is 11.7. The van der Waals surface area contributed by atoms with Crippen LogP contribution in [0.2, 0.25) is 0 Å². The number of nitrogens with zero attached hydrogens (tertiary/aromatic N) is 1. The first-order valence-corrected chi connectivity index (χ1v) is 10.4. The Labute approximate surface area is 151 Å². The largest absolute Gasteiger partial charge is 0.382 e. The molecule has 0 bridgehead atoms. The maximum Gasteiger partial charge on any atom is 0.311 e. The lowest BCUT2D eigenvalue weighted by molar-refractivity contribution is -0.132. The topological polar surface area (TPSA) is 63.7 Å². The second-order valence-corrected chi connectivity index (χ2v) is 9.68. The molecule has 5 nitrogen and oxygen atoms in total. The Balaban J connectivity index is 2.02. The monoisotopic (exact) mass is 367 g/mol. The van der Waals surface area contributed by atoms with E-state index in [0.717, 1.165) is 12.1 Å². The summed E-state index contributed by atoms with van der Waals surface area (Å²) in [5.41, 5.74) is 0.979. The average Bonchev–Trinajstić information content (AvgIpc) is 3.31. The molecule has 1 aromatic rings. The first-order valence-electron chi connectivity index (χ1n) is 8.97. The highest BCUT2D eigenvalue weighted by molar-refractivity contribution is 7.87. The van der Waals surface area contributed by atoms with Gasteiger partial charge in [-0.25, -0.2) is 0 Å². The second kappa shape index (κ2) is 8.21. The normalized spacial score (nSPS) is 14.8. The van der Waals surface area contributed by atoms with Crippen molar-refractivity contribution in [2.75, 3.05) is 6.54 Å². The van der Waals surface area contributed by atoms with E-state index < -0.39 is 15.4 Å². The van der Waals surface area contributed by atoms with Crippen LogP contribution in [-0.2, 0) is 21.5 Å². The van der Waals surface area contributed by atoms with Crippen LogP contribution in [0, 0.1) is 11.8 Å². The molecule has 1 amide bonds. The highest BCUT2D eigenvalue weighted by Crippen LogP contribution is 2.30. The van der Waals surface area contributed by atoms with Crippen molar-refractivity contribution in [2.24, 2.45) is 11.8 Å². The molecule has 1 aliphatic carbocycles. The lowest BCUT2D eigenvalue weighted by atomic mass is 10.1. The van der Waals surface area contributed by atoms with Gasteiger partial charge in [-0.1, -0.05) is 26.0 Å². The van der Waals surface area contributed by atoms with Crippen molar-refractivity contribution in [2.45, 2.75) is 58.8 Å². The zero-order valence-corrected chi connectivity index (χ0v) is 16.4. The van der Waals surface area contributed by atoms with Crippen molar-refractivity contribution in [3.8, 4) is 5.75 Å². The molecule has 6 heteroatoms. The maximum absolute atomic E-state index is 12.5. The highest BCUT2D eigenvalue weighted by atomic mass is 32.2. The Morgan fingerprint density at radius 1 is 1.16 bits per heavy atom. The molecule has 1 aliphatic rings. The van der Waals surface area contributed by atoms with E-state index in [1.54, 1.807) is 26.0 Å². The van der Waals surface area contributed by atoms with E-state index in [4.69, 9.17) is 4.18 Å². The van der Waals surface area contributed by atoms with E-state index in [0.29, 0.717) is 30.6 Å². The van der Waals surface area contributed by atoms with E-state index >= 15 is 0 Å². The minimum absolute atomic E-state index is 0.185. The molecule has 1 fully saturated rings. The number of amides is 1. The van der Waals surface area contributed by atoms with Gasteiger partial charge in [-0.3, -0.25) is 4.79 Å². The predicted octanol–water partition coefficient (Wildman–Crippen LogP) is 3.59. The van der Waals surface area contributed by atoms with Crippen LogP contribution in [0.5, 0.6) is 5.75 Å². The Morgan fingerprint density at radius 2 is 1.76 bits per heavy atom. The van der Waals surface area contributed by atoms with Gasteiger partial charge in [0.15, 0.2) is 0 Å². The van der Waals surface area contributed by atoms with Crippen molar-refractivity contribution in [3.05, 3.63) is 29.8 Å². The Kier molecular flexibility index (Phi) is 6.49. The molecule has 0 aromatic heterocycles. The van der Waals surface area contributed by atoms with E-state index in [1.165, 1.54) is 12.8 Å². The van der Waals surface area contributed by atoms with Gasteiger partial charge >= 0.3 is 10.1 Å². The zero-order valence-electron chi connectivity index (χ0n) is 15.6. The third-order valence-electron chi connectivity index (χ3n) is 4.20. The summed E-state index contributed by atoms with van der Waals surface area (Å²) in [5, 5.41) is -0.588. The van der Waals surface area contributed by atoms with Crippen molar-refractivity contribution in [1.29, 1.82) is 0 Å². The SMILES string of the molecule is CC(C)CC(=O)N(Cc1ccc(OS(=O)(=O)C(C)C)cc1)CC1CC1. The van der Waals surface area contributed by atoms with Crippen LogP contribution >= 0.6 is 0 Å². The summed E-state index contributed by atoms with van der Waals surface area (Å²) < 4.78 is 28.7. The summed E-state index contributed by atoms with van der Waals surface area (Å²) in [6.45, 7) is 8.63. The van der Waals surface area contributed by atoms with E-state index in [1.807, 2.05) is 17.0 Å². The van der Waals surface area contributed by atoms with Gasteiger partial charge in [0.05, 0.1) is 5.25 Å². The highest BCUT2D eigenvalue weighted by Gasteiger charge is 2.27. The van der Waals surface area contributed by atoms with Crippen LogP contribution in [0.4, 0.5) is 0 Å². The van der Waals surface area contributed by atoms with Gasteiger partial charge < -0.3 is 9.08 Å². The molecule has 0 aliphatic heterocycles. The maximum atomic E-state index is 12.5. The second-order valence-electron chi connectivity index (χ2n) is 7.58. The third-order valence-corrected chi connectivity index (χ3v) is 5.78. The number of hydrogen-bond acceptors (Lipinski definition) is 4. The molecular weight excluding hydrogens is 338 g/mol. The fourth-order valence-corrected chi connectivity index (χ4v) is 3.02. The fourth-order valence-electron chi connectivity index (χ4n) is 2.45. The number of rotatable bonds is 9. The molecule has 0 spiro atoms. The minimum atomic E-state index is -3.59. The van der Waals surface area contributed by atoms with Crippen LogP contribution in [0.25, 0.3) is 0 Å². The standard InChI is InChI=1S/C19H29NO4S/c1-14(2)11-19(21)20(12-16-5-6-16)13-17-7-9-18(10-8-17)24-25(22,23)15(3)4/h7-10,14-16H,5-6,11-13H2,1-4H3. The summed E-state index contributed by atoms with van der Waals surface area (Å²) in [5.74, 6) is 1.46. The Bertz CT molecular complexity index is 676. The van der Waals surface area contributed by atoms with Gasteiger partial charge in [0.1, 0.15) is 5.75 Å². The van der Waals surface area contributed by atoms with Crippen LogP contribution in [0.1, 0.15) is 52.5 Å². The molecule has 0 saturated heterocycles. The Morgan fingerprint density at radius 3 is 2.24 bits per heavy atom. The van der Waals surface area contributed by atoms with Crippen molar-refractivity contribution < 1.29 is 17.4 Å². The van der Waals surface area contributed by atoms with Crippen LogP contribution in [0.15, 0.2) is 24.3 Å². The average molecular weight is 368 g/mol. The van der Waals surface area contributed by atoms with Gasteiger partial charge in [-0.15, -0.1) is 0 Å². The van der Waals surface area contributed by atoms with E-state index in [2.05, 4.69) is 13.8 Å². The summed E-state index contributed by atoms with van der Waals surface area (Å²) in [7, 11) is -3.59. The molecule has 0 atom stereocenters. The lowest BCUT2D eigenvalue weighted by Gasteiger charge is -2.24. The molecule has 25 heavy (non-hydrogen) atoms. The Hall–Kier alpha value is -1.56. The van der Waals surface area contributed by atoms with Gasteiger partial charge in [-0.2, -0.15) is 8.42 Å². The summed E-state index contributed by atoms with van der Waals surface area (Å²) in [6.07, 6.45) is 2.96. The smallest absolute Gasteiger partial charge is 0.311 e. The molecular formula is C19H29NO4S. The minimum Gasteiger partial charge on any atom is -0.382 e. The van der Waals surface area contributed by atoms with Gasteiger partial charge in [-0.05, 0) is 56.2 Å². The molecule has 0 unspecified atom stereocenters. The van der Waals surface area contributed by atoms with Gasteiger partial charge in [0, 0.05) is 19.5 Å². The summed E-state index contributed by atoms with van der Waals surface area (Å²) in [6, 6.07) is 6.95. The molecule has 0 radical (unpaired) electrons. The van der Waals surface area contributed by atoms with Gasteiger partial charge in [0.25, 0.3) is 0 Å². The van der Waals surface area contributed by atoms with E-state index in [-0.39, 0.29) is 5.91 Å². The number of benzene rings is 1. The third kappa shape index (κ3) is 6.34. The fraction of sp³-hybridized carbons (Fsp3) is 0.632. The van der Waals surface area contributed by atoms with Crippen molar-refractivity contribution in [1.82, 2.24) is 4.90 Å². The molecule has 140 valence electrons.